The highest BCUT2D eigenvalue weighted by atomic mass is 16.2. The van der Waals surface area contributed by atoms with Crippen molar-refractivity contribution in [1.82, 2.24) is 10.2 Å². The zero-order valence-corrected chi connectivity index (χ0v) is 12.0. The van der Waals surface area contributed by atoms with Gasteiger partial charge >= 0.3 is 0 Å². The molecule has 1 unspecified atom stereocenters. The van der Waals surface area contributed by atoms with E-state index in [1.54, 1.807) is 0 Å². The Morgan fingerprint density at radius 1 is 1.33 bits per heavy atom. The van der Waals surface area contributed by atoms with Crippen molar-refractivity contribution in [3.05, 3.63) is 0 Å². The molecule has 3 heteroatoms. The molecule has 0 bridgehead atoms. The number of nitrogens with zero attached hydrogens (tertiary/aromatic N) is 1. The van der Waals surface area contributed by atoms with Gasteiger partial charge in [-0.1, -0.05) is 26.7 Å². The molecular formula is C15H28N2O. The highest BCUT2D eigenvalue weighted by Crippen LogP contribution is 2.29. The van der Waals surface area contributed by atoms with E-state index in [1.807, 2.05) is 0 Å². The van der Waals surface area contributed by atoms with Gasteiger partial charge in [0.25, 0.3) is 0 Å². The monoisotopic (exact) mass is 252 g/mol. The molecule has 3 nitrogen and oxygen atoms in total. The van der Waals surface area contributed by atoms with E-state index < -0.39 is 0 Å². The summed E-state index contributed by atoms with van der Waals surface area (Å²) in [5.74, 6) is 1.23. The number of nitrogens with one attached hydrogen (secondary N) is 1. The average molecular weight is 252 g/mol. The molecule has 2 aliphatic rings. The first-order valence-electron chi connectivity index (χ1n) is 7.76. The maximum Gasteiger partial charge on any atom is 0.242 e. The summed E-state index contributed by atoms with van der Waals surface area (Å²) >= 11 is 0. The maximum absolute atomic E-state index is 12.7. The van der Waals surface area contributed by atoms with E-state index in [4.69, 9.17) is 0 Å². The molecule has 2 rings (SSSR count). The van der Waals surface area contributed by atoms with Crippen LogP contribution in [0.5, 0.6) is 0 Å². The molecule has 0 aromatic rings. The molecule has 0 spiro atoms. The molecule has 18 heavy (non-hydrogen) atoms. The zero-order chi connectivity index (χ0) is 13.0. The Bertz CT molecular complexity index is 276. The Kier molecular flexibility index (Phi) is 4.66. The van der Waals surface area contributed by atoms with E-state index in [0.29, 0.717) is 5.91 Å². The Morgan fingerprint density at radius 3 is 2.56 bits per heavy atom. The van der Waals surface area contributed by atoms with Crippen molar-refractivity contribution >= 4 is 5.91 Å². The summed E-state index contributed by atoms with van der Waals surface area (Å²) in [4.78, 5) is 14.8. The Labute approximate surface area is 111 Å². The molecule has 2 heterocycles. The molecule has 1 amide bonds. The second-order valence-corrected chi connectivity index (χ2v) is 5.99. The largest absolute Gasteiger partial charge is 0.341 e. The highest BCUT2D eigenvalue weighted by Gasteiger charge is 2.42. The fourth-order valence-electron chi connectivity index (χ4n) is 3.58. The number of amides is 1. The summed E-state index contributed by atoms with van der Waals surface area (Å²) in [5, 5.41) is 3.46. The van der Waals surface area contributed by atoms with Gasteiger partial charge in [0.05, 0.1) is 5.54 Å². The smallest absolute Gasteiger partial charge is 0.242 e. The van der Waals surface area contributed by atoms with Crippen LogP contribution in [0.3, 0.4) is 0 Å². The zero-order valence-electron chi connectivity index (χ0n) is 12.0. The van der Waals surface area contributed by atoms with Crippen LogP contribution < -0.4 is 5.32 Å². The molecule has 0 aromatic heterocycles. The van der Waals surface area contributed by atoms with Crippen molar-refractivity contribution < 1.29 is 4.79 Å². The van der Waals surface area contributed by atoms with Gasteiger partial charge in [-0.25, -0.2) is 0 Å². The number of piperidine rings is 1. The summed E-state index contributed by atoms with van der Waals surface area (Å²) in [6.45, 7) is 7.36. The molecule has 104 valence electrons. The lowest BCUT2D eigenvalue weighted by Crippen LogP contribution is -2.56. The summed E-state index contributed by atoms with van der Waals surface area (Å²) < 4.78 is 0. The van der Waals surface area contributed by atoms with E-state index in [2.05, 4.69) is 24.1 Å². The van der Waals surface area contributed by atoms with E-state index in [-0.39, 0.29) is 5.54 Å². The second kappa shape index (κ2) is 6.05. The van der Waals surface area contributed by atoms with Crippen molar-refractivity contribution in [2.24, 2.45) is 5.92 Å². The first-order chi connectivity index (χ1) is 8.72. The molecule has 2 aliphatic heterocycles. The molecule has 0 saturated carbocycles. The van der Waals surface area contributed by atoms with Crippen LogP contribution in [0.2, 0.25) is 0 Å². The summed E-state index contributed by atoms with van der Waals surface area (Å²) in [7, 11) is 0. The van der Waals surface area contributed by atoms with Crippen molar-refractivity contribution in [2.75, 3.05) is 19.6 Å². The van der Waals surface area contributed by atoms with Gasteiger partial charge in [0.2, 0.25) is 5.91 Å². The third kappa shape index (κ3) is 2.71. The van der Waals surface area contributed by atoms with Crippen LogP contribution in [-0.2, 0) is 4.79 Å². The first kappa shape index (κ1) is 13.9. The molecule has 2 fully saturated rings. The average Bonchev–Trinajstić information content (AvgIpc) is 2.89. The standard InChI is InChI=1S/C15H28N2O/c1-3-6-13-7-11-17(12-8-13)14(18)15(4-2)9-5-10-16-15/h13,16H,3-12H2,1-2H3. The normalized spacial score (nSPS) is 29.8. The Morgan fingerprint density at radius 2 is 2.06 bits per heavy atom. The van der Waals surface area contributed by atoms with Gasteiger partial charge in [-0.05, 0) is 44.6 Å². The van der Waals surface area contributed by atoms with Gasteiger partial charge in [0.1, 0.15) is 0 Å². The van der Waals surface area contributed by atoms with E-state index in [9.17, 15) is 4.79 Å². The van der Waals surface area contributed by atoms with E-state index in [0.717, 1.165) is 44.8 Å². The summed E-state index contributed by atoms with van der Waals surface area (Å²) in [6.07, 6.45) is 8.13. The molecule has 1 atom stereocenters. The number of hydrogen-bond donors (Lipinski definition) is 1. The topological polar surface area (TPSA) is 32.3 Å². The molecule has 2 saturated heterocycles. The van der Waals surface area contributed by atoms with Gasteiger partial charge in [-0.15, -0.1) is 0 Å². The third-order valence-electron chi connectivity index (χ3n) is 4.86. The maximum atomic E-state index is 12.7. The Balaban J connectivity index is 1.90. The lowest BCUT2D eigenvalue weighted by Gasteiger charge is -2.38. The molecule has 0 aromatic carbocycles. The van der Waals surface area contributed by atoms with Gasteiger partial charge in [0.15, 0.2) is 0 Å². The first-order valence-corrected chi connectivity index (χ1v) is 7.76. The fraction of sp³-hybridized carbons (Fsp3) is 0.933. The molecule has 0 radical (unpaired) electrons. The predicted octanol–water partition coefficient (Wildman–Crippen LogP) is 2.56. The summed E-state index contributed by atoms with van der Waals surface area (Å²) in [5.41, 5.74) is -0.225. The minimum atomic E-state index is -0.225. The number of hydrogen-bond acceptors (Lipinski definition) is 2. The van der Waals surface area contributed by atoms with Crippen LogP contribution in [0, 0.1) is 5.92 Å². The van der Waals surface area contributed by atoms with Crippen molar-refractivity contribution in [1.29, 1.82) is 0 Å². The minimum absolute atomic E-state index is 0.225. The van der Waals surface area contributed by atoms with Crippen LogP contribution in [0.1, 0.15) is 58.8 Å². The van der Waals surface area contributed by atoms with Crippen LogP contribution in [0.15, 0.2) is 0 Å². The number of rotatable bonds is 4. The lowest BCUT2D eigenvalue weighted by atomic mass is 9.88. The SMILES string of the molecule is CCCC1CCN(C(=O)C2(CC)CCCN2)CC1. The third-order valence-corrected chi connectivity index (χ3v) is 4.86. The number of carbonyl (C=O) groups is 1. The van der Waals surface area contributed by atoms with Crippen molar-refractivity contribution in [3.8, 4) is 0 Å². The minimum Gasteiger partial charge on any atom is -0.341 e. The van der Waals surface area contributed by atoms with Crippen LogP contribution in [-0.4, -0.2) is 36.0 Å². The van der Waals surface area contributed by atoms with E-state index in [1.165, 1.54) is 25.7 Å². The molecule has 1 N–H and O–H groups in total. The highest BCUT2D eigenvalue weighted by molar-refractivity contribution is 5.86. The van der Waals surface area contributed by atoms with Crippen molar-refractivity contribution in [3.63, 3.8) is 0 Å². The predicted molar refractivity (Wildman–Crippen MR) is 74.5 cm³/mol. The number of likely N-dealkylation sites (tertiary alicyclic amines) is 1. The molecule has 0 aliphatic carbocycles. The van der Waals surface area contributed by atoms with Gasteiger partial charge < -0.3 is 10.2 Å². The van der Waals surface area contributed by atoms with Gasteiger partial charge in [0, 0.05) is 13.1 Å². The van der Waals surface area contributed by atoms with Gasteiger partial charge in [-0.2, -0.15) is 0 Å². The summed E-state index contributed by atoms with van der Waals surface area (Å²) in [6, 6.07) is 0. The van der Waals surface area contributed by atoms with Crippen molar-refractivity contribution in [2.45, 2.75) is 64.3 Å². The quantitative estimate of drug-likeness (QED) is 0.834. The Hall–Kier alpha value is -0.570. The van der Waals surface area contributed by atoms with Gasteiger partial charge in [-0.3, -0.25) is 4.79 Å². The second-order valence-electron chi connectivity index (χ2n) is 5.99. The lowest BCUT2D eigenvalue weighted by molar-refractivity contribution is -0.139. The van der Waals surface area contributed by atoms with Crippen LogP contribution in [0.4, 0.5) is 0 Å². The van der Waals surface area contributed by atoms with Crippen LogP contribution in [0.25, 0.3) is 0 Å². The number of carbonyl (C=O) groups excluding carboxylic acids is 1. The van der Waals surface area contributed by atoms with E-state index >= 15 is 0 Å². The fourth-order valence-corrected chi connectivity index (χ4v) is 3.58. The molecular weight excluding hydrogens is 224 g/mol. The van der Waals surface area contributed by atoms with Crippen LogP contribution >= 0.6 is 0 Å².